The fourth-order valence-corrected chi connectivity index (χ4v) is 5.04. The van der Waals surface area contributed by atoms with E-state index in [0.717, 1.165) is 53.3 Å². The Morgan fingerprint density at radius 2 is 1.77 bits per heavy atom. The number of anilines is 1. The van der Waals surface area contributed by atoms with Crippen LogP contribution in [0.4, 0.5) is 5.69 Å². The lowest BCUT2D eigenvalue weighted by Gasteiger charge is -2.26. The van der Waals surface area contributed by atoms with E-state index >= 15 is 0 Å². The molecule has 1 aromatic heterocycles. The van der Waals surface area contributed by atoms with Gasteiger partial charge in [0.2, 0.25) is 6.41 Å². The molecule has 3 aromatic rings. The fraction of sp³-hybridized carbons (Fsp3) is 0.424. The number of rotatable bonds is 14. The lowest BCUT2D eigenvalue weighted by atomic mass is 10.0. The summed E-state index contributed by atoms with van der Waals surface area (Å²) in [7, 11) is 6.50. The number of oxazole rings is 1. The van der Waals surface area contributed by atoms with Crippen molar-refractivity contribution < 1.29 is 28.2 Å². The number of aromatic nitrogens is 1. The van der Waals surface area contributed by atoms with Gasteiger partial charge in [-0.1, -0.05) is 57.5 Å². The second kappa shape index (κ2) is 24.2. The quantitative estimate of drug-likeness (QED) is 0.130. The first-order valence-corrected chi connectivity index (χ1v) is 15.5. The van der Waals surface area contributed by atoms with Crippen molar-refractivity contribution in [1.82, 2.24) is 4.98 Å². The molecule has 1 atom stereocenters. The molecule has 10 heteroatoms. The van der Waals surface area contributed by atoms with Crippen LogP contribution >= 0.6 is 23.4 Å². The maximum absolute atomic E-state index is 11.7. The first-order valence-electron chi connectivity index (χ1n) is 14.1. The van der Waals surface area contributed by atoms with E-state index in [1.54, 1.807) is 63.4 Å². The van der Waals surface area contributed by atoms with Crippen LogP contribution in [0.3, 0.4) is 0 Å². The van der Waals surface area contributed by atoms with Gasteiger partial charge in [-0.2, -0.15) is 0 Å². The summed E-state index contributed by atoms with van der Waals surface area (Å²) >= 11 is 8.05. The van der Waals surface area contributed by atoms with Crippen LogP contribution in [0, 0.1) is 0 Å². The maximum Gasteiger partial charge on any atom is 0.214 e. The molecule has 238 valence electrons. The summed E-state index contributed by atoms with van der Waals surface area (Å²) in [6.07, 6.45) is 7.05. The summed E-state index contributed by atoms with van der Waals surface area (Å²) in [6.45, 7) is 12.2. The highest BCUT2D eigenvalue weighted by Crippen LogP contribution is 2.47. The number of carbonyl (C=O) groups excluding carboxylic acids is 2. The number of carbonyl (C=O) groups is 2. The Morgan fingerprint density at radius 1 is 1.07 bits per heavy atom. The van der Waals surface area contributed by atoms with Crippen molar-refractivity contribution in [1.29, 1.82) is 0 Å². The molecule has 0 aliphatic carbocycles. The Bertz CT molecular complexity index is 1200. The SMILES string of the molecule is C=CCN(C=O)c1ccc(Cl)cc1C(SCC)c1cccc(OC)c1OC.CC.CCc1ncc(CCC=O)o1.COC. The number of amides is 1. The molecule has 1 amide bonds. The van der Waals surface area contributed by atoms with Gasteiger partial charge in [-0.15, -0.1) is 18.3 Å². The summed E-state index contributed by atoms with van der Waals surface area (Å²) in [6, 6.07) is 11.4. The zero-order chi connectivity index (χ0) is 32.6. The van der Waals surface area contributed by atoms with Crippen LogP contribution in [-0.4, -0.2) is 58.4 Å². The van der Waals surface area contributed by atoms with Crippen molar-refractivity contribution in [3.63, 3.8) is 0 Å². The number of aldehydes is 1. The first kappa shape index (κ1) is 39.7. The van der Waals surface area contributed by atoms with Gasteiger partial charge in [0.15, 0.2) is 17.4 Å². The highest BCUT2D eigenvalue weighted by Gasteiger charge is 2.25. The minimum Gasteiger partial charge on any atom is -0.493 e. The molecule has 0 spiro atoms. The Hall–Kier alpha value is -3.27. The molecule has 0 radical (unpaired) electrons. The van der Waals surface area contributed by atoms with Crippen molar-refractivity contribution in [2.45, 2.75) is 52.2 Å². The highest BCUT2D eigenvalue weighted by atomic mass is 35.5. The van der Waals surface area contributed by atoms with Gasteiger partial charge in [-0.05, 0) is 35.6 Å². The fourth-order valence-electron chi connectivity index (χ4n) is 3.79. The summed E-state index contributed by atoms with van der Waals surface area (Å²) in [4.78, 5) is 27.3. The van der Waals surface area contributed by atoms with Crippen LogP contribution in [0.2, 0.25) is 5.02 Å². The predicted molar refractivity (Wildman–Crippen MR) is 179 cm³/mol. The third-order valence-electron chi connectivity index (χ3n) is 5.50. The molecule has 1 heterocycles. The molecule has 0 saturated carbocycles. The topological polar surface area (TPSA) is 91.1 Å². The van der Waals surface area contributed by atoms with Crippen LogP contribution in [0.25, 0.3) is 0 Å². The number of para-hydroxylation sites is 1. The number of hydrogen-bond donors (Lipinski definition) is 0. The molecule has 2 aromatic carbocycles. The number of aryl methyl sites for hydroxylation is 2. The zero-order valence-electron chi connectivity index (χ0n) is 26.7. The first-order chi connectivity index (χ1) is 20.9. The summed E-state index contributed by atoms with van der Waals surface area (Å²) in [5.41, 5.74) is 2.71. The molecule has 0 fully saturated rings. The minimum absolute atomic E-state index is 0.0824. The van der Waals surface area contributed by atoms with E-state index < -0.39 is 0 Å². The van der Waals surface area contributed by atoms with Crippen LogP contribution in [-0.2, 0) is 27.2 Å². The lowest BCUT2D eigenvalue weighted by Crippen LogP contribution is -2.23. The van der Waals surface area contributed by atoms with Crippen molar-refractivity contribution in [3.8, 4) is 11.5 Å². The van der Waals surface area contributed by atoms with Crippen molar-refractivity contribution in [2.75, 3.05) is 45.6 Å². The number of thioether (sulfide) groups is 1. The molecular weight excluding hydrogens is 588 g/mol. The van der Waals surface area contributed by atoms with E-state index in [9.17, 15) is 9.59 Å². The van der Waals surface area contributed by atoms with Crippen LogP contribution in [0.15, 0.2) is 59.7 Å². The van der Waals surface area contributed by atoms with Gasteiger partial charge in [0.05, 0.1) is 25.7 Å². The number of ether oxygens (including phenoxy) is 3. The van der Waals surface area contributed by atoms with E-state index in [-0.39, 0.29) is 5.25 Å². The second-order valence-electron chi connectivity index (χ2n) is 8.36. The maximum atomic E-state index is 11.7. The Balaban J connectivity index is 0.000000911. The summed E-state index contributed by atoms with van der Waals surface area (Å²) < 4.78 is 20.6. The third-order valence-corrected chi connectivity index (χ3v) is 6.91. The Labute approximate surface area is 266 Å². The largest absolute Gasteiger partial charge is 0.493 e. The van der Waals surface area contributed by atoms with Gasteiger partial charge in [0, 0.05) is 56.3 Å². The average molecular weight is 635 g/mol. The molecule has 0 saturated heterocycles. The Kier molecular flexibility index (Phi) is 22.4. The number of methoxy groups -OCH3 is 3. The number of halogens is 1. The second-order valence-corrected chi connectivity index (χ2v) is 10.2. The molecule has 3 rings (SSSR count). The molecule has 0 N–H and O–H groups in total. The van der Waals surface area contributed by atoms with E-state index in [4.69, 9.17) is 25.5 Å². The van der Waals surface area contributed by atoms with Gasteiger partial charge in [-0.25, -0.2) is 4.98 Å². The monoisotopic (exact) mass is 634 g/mol. The normalized spacial score (nSPS) is 10.3. The lowest BCUT2D eigenvalue weighted by molar-refractivity contribution is -0.108. The van der Waals surface area contributed by atoms with Crippen LogP contribution in [0.5, 0.6) is 11.5 Å². The average Bonchev–Trinajstić information content (AvgIpc) is 3.51. The zero-order valence-corrected chi connectivity index (χ0v) is 28.3. The number of hydrogen-bond acceptors (Lipinski definition) is 8. The molecular formula is C33H47ClN2O6S. The van der Waals surface area contributed by atoms with Crippen molar-refractivity contribution in [3.05, 3.63) is 83.1 Å². The molecule has 0 aliphatic heterocycles. The van der Waals surface area contributed by atoms with Crippen LogP contribution in [0.1, 0.15) is 62.1 Å². The Morgan fingerprint density at radius 3 is 2.28 bits per heavy atom. The van der Waals surface area contributed by atoms with Gasteiger partial charge in [-0.3, -0.25) is 4.79 Å². The van der Waals surface area contributed by atoms with E-state index in [1.165, 1.54) is 0 Å². The van der Waals surface area contributed by atoms with E-state index in [0.29, 0.717) is 35.9 Å². The highest BCUT2D eigenvalue weighted by molar-refractivity contribution is 7.99. The van der Waals surface area contributed by atoms with Gasteiger partial charge in [0.1, 0.15) is 12.0 Å². The molecule has 43 heavy (non-hydrogen) atoms. The van der Waals surface area contributed by atoms with Crippen molar-refractivity contribution >= 4 is 41.7 Å². The molecule has 0 bridgehead atoms. The van der Waals surface area contributed by atoms with E-state index in [1.807, 2.05) is 51.1 Å². The van der Waals surface area contributed by atoms with E-state index in [2.05, 4.69) is 23.2 Å². The predicted octanol–water partition coefficient (Wildman–Crippen LogP) is 8.01. The van der Waals surface area contributed by atoms with Gasteiger partial charge < -0.3 is 28.3 Å². The number of benzene rings is 2. The molecule has 1 unspecified atom stereocenters. The minimum atomic E-state index is -0.0824. The molecule has 0 aliphatic rings. The summed E-state index contributed by atoms with van der Waals surface area (Å²) in [5, 5.41) is 0.530. The smallest absolute Gasteiger partial charge is 0.214 e. The van der Waals surface area contributed by atoms with Gasteiger partial charge >= 0.3 is 0 Å². The summed E-state index contributed by atoms with van der Waals surface area (Å²) in [5.74, 6) is 3.76. The standard InChI is InChI=1S/C21H24ClNO3S.C8H11NO2.C2H6O.C2H6/c1-5-12-23(14-24)18-11-10-15(22)13-17(18)21(27-6-2)16-8-7-9-19(25-3)20(16)26-4;1-2-8-9-6-7(11-8)4-3-5-10;1-3-2;1-2/h5,7-11,13-14,21H,1,6,12H2,2-4H3;5-6H,2-4H2,1H3;1-2H3;1-2H3. The third kappa shape index (κ3) is 13.3. The molecule has 8 nitrogen and oxygen atoms in total. The van der Waals surface area contributed by atoms with Crippen LogP contribution < -0.4 is 14.4 Å². The number of nitrogens with zero attached hydrogens (tertiary/aromatic N) is 2. The van der Waals surface area contributed by atoms with Crippen molar-refractivity contribution in [2.24, 2.45) is 0 Å². The van der Waals surface area contributed by atoms with Gasteiger partial charge in [0.25, 0.3) is 0 Å².